The number of hydrogen-bond acceptors (Lipinski definition) is 5. The largest absolute Gasteiger partial charge is 0.322 e. The van der Waals surface area contributed by atoms with Gasteiger partial charge in [-0.25, -0.2) is 0 Å². The van der Waals surface area contributed by atoms with Crippen LogP contribution in [-0.2, 0) is 0 Å². The molecule has 1 amide bonds. The topological polar surface area (TPSA) is 115 Å². The first-order valence-corrected chi connectivity index (χ1v) is 7.02. The van der Waals surface area contributed by atoms with Gasteiger partial charge in [0.15, 0.2) is 0 Å². The van der Waals surface area contributed by atoms with Gasteiger partial charge in [0, 0.05) is 17.3 Å². The van der Waals surface area contributed by atoms with E-state index in [1.165, 1.54) is 6.92 Å². The number of carbonyl (C=O) groups excluding carboxylic acids is 1. The van der Waals surface area contributed by atoms with Crippen molar-refractivity contribution in [3.05, 3.63) is 72.8 Å². The lowest BCUT2D eigenvalue weighted by Crippen LogP contribution is -2.15. The van der Waals surface area contributed by atoms with Gasteiger partial charge in [0.25, 0.3) is 17.3 Å². The Kier molecular flexibility index (Phi) is 4.59. The summed E-state index contributed by atoms with van der Waals surface area (Å²) in [5, 5.41) is 24.7. The highest BCUT2D eigenvalue weighted by molar-refractivity contribution is 6.06. The van der Waals surface area contributed by atoms with Gasteiger partial charge in [0.1, 0.15) is 0 Å². The summed E-state index contributed by atoms with van der Waals surface area (Å²) in [7, 11) is 0. The molecule has 0 spiro atoms. The van der Waals surface area contributed by atoms with Crippen LogP contribution < -0.4 is 5.32 Å². The second kappa shape index (κ2) is 6.45. The van der Waals surface area contributed by atoms with E-state index in [2.05, 4.69) is 5.32 Å². The molecule has 124 valence electrons. The molecule has 0 radical (unpaired) electrons. The molecule has 24 heavy (non-hydrogen) atoms. The van der Waals surface area contributed by atoms with Crippen LogP contribution in [0.1, 0.15) is 27.0 Å². The highest BCUT2D eigenvalue weighted by Crippen LogP contribution is 2.29. The first-order chi connectivity index (χ1) is 11.2. The SMILES string of the molecule is Cc1ccc(NC(=O)c2cc([N+](=O)[O-])cc([N+](=O)[O-])c2C)c(C)c1. The Labute approximate surface area is 137 Å². The van der Waals surface area contributed by atoms with Crippen LogP contribution in [0.5, 0.6) is 0 Å². The number of non-ortho nitro benzene ring substituents is 1. The van der Waals surface area contributed by atoms with E-state index in [1.54, 1.807) is 6.07 Å². The molecular weight excluding hydrogens is 314 g/mol. The Hall–Kier alpha value is -3.29. The number of carbonyl (C=O) groups is 1. The predicted octanol–water partition coefficient (Wildman–Crippen LogP) is 3.68. The maximum absolute atomic E-state index is 12.5. The fourth-order valence-corrected chi connectivity index (χ4v) is 2.36. The van der Waals surface area contributed by atoms with Crippen molar-refractivity contribution >= 4 is 23.0 Å². The van der Waals surface area contributed by atoms with E-state index in [0.29, 0.717) is 5.69 Å². The second-order valence-electron chi connectivity index (χ2n) is 5.42. The molecular formula is C16H15N3O5. The number of amides is 1. The van der Waals surface area contributed by atoms with Crippen LogP contribution in [0.15, 0.2) is 30.3 Å². The first-order valence-electron chi connectivity index (χ1n) is 7.02. The molecule has 0 bridgehead atoms. The van der Waals surface area contributed by atoms with Crippen molar-refractivity contribution in [3.8, 4) is 0 Å². The summed E-state index contributed by atoms with van der Waals surface area (Å²) in [6.45, 7) is 5.11. The molecule has 0 unspecified atom stereocenters. The van der Waals surface area contributed by atoms with Crippen LogP contribution in [0.4, 0.5) is 17.1 Å². The van der Waals surface area contributed by atoms with Gasteiger partial charge in [-0.1, -0.05) is 17.7 Å². The third-order valence-electron chi connectivity index (χ3n) is 3.65. The van der Waals surface area contributed by atoms with Crippen molar-refractivity contribution in [1.29, 1.82) is 0 Å². The van der Waals surface area contributed by atoms with Gasteiger partial charge < -0.3 is 5.32 Å². The Balaban J connectivity index is 2.48. The average molecular weight is 329 g/mol. The molecule has 8 heteroatoms. The maximum atomic E-state index is 12.5. The quantitative estimate of drug-likeness (QED) is 0.678. The molecule has 2 aromatic rings. The van der Waals surface area contributed by atoms with E-state index in [1.807, 2.05) is 26.0 Å². The standard InChI is InChI=1S/C16H15N3O5/c1-9-4-5-14(10(2)6-9)17-16(20)13-7-12(18(21)22)8-15(11(13)3)19(23)24/h4-8H,1-3H3,(H,17,20). The van der Waals surface area contributed by atoms with Crippen LogP contribution in [-0.4, -0.2) is 15.8 Å². The normalized spacial score (nSPS) is 10.3. The highest BCUT2D eigenvalue weighted by atomic mass is 16.6. The number of aryl methyl sites for hydroxylation is 2. The van der Waals surface area contributed by atoms with Gasteiger partial charge in [-0.2, -0.15) is 0 Å². The lowest BCUT2D eigenvalue weighted by molar-refractivity contribution is -0.394. The van der Waals surface area contributed by atoms with Crippen molar-refractivity contribution in [2.45, 2.75) is 20.8 Å². The lowest BCUT2D eigenvalue weighted by Gasteiger charge is -2.11. The van der Waals surface area contributed by atoms with E-state index < -0.39 is 27.1 Å². The zero-order chi connectivity index (χ0) is 18.0. The van der Waals surface area contributed by atoms with Crippen molar-refractivity contribution in [2.75, 3.05) is 5.32 Å². The van der Waals surface area contributed by atoms with Crippen molar-refractivity contribution in [1.82, 2.24) is 0 Å². The van der Waals surface area contributed by atoms with Crippen LogP contribution in [0.2, 0.25) is 0 Å². The van der Waals surface area contributed by atoms with Crippen LogP contribution in [0.3, 0.4) is 0 Å². The van der Waals surface area contributed by atoms with Gasteiger partial charge in [-0.3, -0.25) is 25.0 Å². The molecule has 0 heterocycles. The molecule has 1 N–H and O–H groups in total. The maximum Gasteiger partial charge on any atom is 0.279 e. The van der Waals surface area contributed by atoms with Gasteiger partial charge in [-0.15, -0.1) is 0 Å². The van der Waals surface area contributed by atoms with Gasteiger partial charge in [-0.05, 0) is 32.4 Å². The summed E-state index contributed by atoms with van der Waals surface area (Å²) in [6.07, 6.45) is 0. The molecule has 2 rings (SSSR count). The Bertz CT molecular complexity index is 861. The zero-order valence-corrected chi connectivity index (χ0v) is 13.3. The van der Waals surface area contributed by atoms with E-state index in [-0.39, 0.29) is 11.1 Å². The fraction of sp³-hybridized carbons (Fsp3) is 0.188. The molecule has 0 atom stereocenters. The average Bonchev–Trinajstić information content (AvgIpc) is 2.49. The molecule has 0 saturated carbocycles. The number of nitro benzene ring substituents is 2. The molecule has 0 aliphatic carbocycles. The minimum Gasteiger partial charge on any atom is -0.322 e. The fourth-order valence-electron chi connectivity index (χ4n) is 2.36. The van der Waals surface area contributed by atoms with Gasteiger partial charge in [0.05, 0.1) is 21.5 Å². The van der Waals surface area contributed by atoms with E-state index in [4.69, 9.17) is 0 Å². The number of benzene rings is 2. The number of rotatable bonds is 4. The van der Waals surface area contributed by atoms with Crippen LogP contribution in [0, 0.1) is 41.0 Å². The Morgan fingerprint density at radius 1 is 1.00 bits per heavy atom. The summed E-state index contributed by atoms with van der Waals surface area (Å²) >= 11 is 0. The van der Waals surface area contributed by atoms with Crippen LogP contribution in [0.25, 0.3) is 0 Å². The number of anilines is 1. The van der Waals surface area contributed by atoms with E-state index in [0.717, 1.165) is 23.3 Å². The predicted molar refractivity (Wildman–Crippen MR) is 88.4 cm³/mol. The first kappa shape index (κ1) is 17.1. The Morgan fingerprint density at radius 2 is 1.67 bits per heavy atom. The molecule has 8 nitrogen and oxygen atoms in total. The summed E-state index contributed by atoms with van der Waals surface area (Å²) < 4.78 is 0. The van der Waals surface area contributed by atoms with Crippen molar-refractivity contribution in [3.63, 3.8) is 0 Å². The number of hydrogen-bond donors (Lipinski definition) is 1. The van der Waals surface area contributed by atoms with E-state index >= 15 is 0 Å². The summed E-state index contributed by atoms with van der Waals surface area (Å²) in [6, 6.07) is 7.29. The minimum absolute atomic E-state index is 0.0767. The highest BCUT2D eigenvalue weighted by Gasteiger charge is 2.24. The van der Waals surface area contributed by atoms with Crippen LogP contribution >= 0.6 is 0 Å². The van der Waals surface area contributed by atoms with Crippen molar-refractivity contribution < 1.29 is 14.6 Å². The number of nitrogens with one attached hydrogen (secondary N) is 1. The lowest BCUT2D eigenvalue weighted by atomic mass is 10.0. The molecule has 0 aliphatic rings. The van der Waals surface area contributed by atoms with E-state index in [9.17, 15) is 25.0 Å². The van der Waals surface area contributed by atoms with Gasteiger partial charge in [0.2, 0.25) is 0 Å². The third kappa shape index (κ3) is 3.37. The molecule has 0 fully saturated rings. The molecule has 0 saturated heterocycles. The molecule has 2 aromatic carbocycles. The second-order valence-corrected chi connectivity index (χ2v) is 5.42. The number of nitro groups is 2. The summed E-state index contributed by atoms with van der Waals surface area (Å²) in [5.74, 6) is -0.633. The molecule has 0 aromatic heterocycles. The Morgan fingerprint density at radius 3 is 2.21 bits per heavy atom. The monoisotopic (exact) mass is 329 g/mol. The number of nitrogens with zero attached hydrogens (tertiary/aromatic N) is 2. The third-order valence-corrected chi connectivity index (χ3v) is 3.65. The minimum atomic E-state index is -0.764. The molecule has 0 aliphatic heterocycles. The van der Waals surface area contributed by atoms with Crippen molar-refractivity contribution in [2.24, 2.45) is 0 Å². The van der Waals surface area contributed by atoms with Gasteiger partial charge >= 0.3 is 0 Å². The smallest absolute Gasteiger partial charge is 0.279 e. The summed E-state index contributed by atoms with van der Waals surface area (Å²) in [4.78, 5) is 33.0. The summed E-state index contributed by atoms with van der Waals surface area (Å²) in [5.41, 5.74) is 1.39. The zero-order valence-electron chi connectivity index (χ0n) is 13.3.